The second-order valence-corrected chi connectivity index (χ2v) is 28.9. The summed E-state index contributed by atoms with van der Waals surface area (Å²) in [5.74, 6) is 2.00. The van der Waals surface area contributed by atoms with Crippen LogP contribution in [0.4, 0.5) is 0 Å². The lowest BCUT2D eigenvalue weighted by Gasteiger charge is -2.46. The molecule has 8 aromatic rings. The van der Waals surface area contributed by atoms with Crippen LogP contribution in [-0.4, -0.2) is 21.3 Å². The Hall–Kier alpha value is -3.82. The zero-order valence-electron chi connectivity index (χ0n) is 34.1. The molecule has 0 atom stereocenters. The van der Waals surface area contributed by atoms with Gasteiger partial charge in [0.2, 0.25) is 0 Å². The predicted molar refractivity (Wildman–Crippen MR) is 278 cm³/mol. The lowest BCUT2D eigenvalue weighted by Crippen LogP contribution is -2.39. The van der Waals surface area contributed by atoms with Crippen molar-refractivity contribution in [3.63, 3.8) is 0 Å². The Bertz CT molecular complexity index is 1960. The summed E-state index contributed by atoms with van der Waals surface area (Å²) in [5, 5.41) is 11.5. The van der Waals surface area contributed by atoms with Crippen molar-refractivity contribution in [2.75, 3.05) is 11.5 Å². The second-order valence-electron chi connectivity index (χ2n) is 15.0. The number of hydrogen-bond acceptors (Lipinski definition) is 2. The summed E-state index contributed by atoms with van der Waals surface area (Å²) in [6.07, 6.45) is 0. The summed E-state index contributed by atoms with van der Waals surface area (Å²) in [5.41, 5.74) is 0. The third-order valence-electron chi connectivity index (χ3n) is 10.8. The van der Waals surface area contributed by atoms with E-state index in [2.05, 4.69) is 278 Å². The first kappa shape index (κ1) is 42.9. The Kier molecular flexibility index (Phi) is 14.9. The lowest BCUT2D eigenvalue weighted by molar-refractivity contribution is 1.02. The van der Waals surface area contributed by atoms with Crippen molar-refractivity contribution in [1.82, 2.24) is 0 Å². The fraction of sp³-hybridized carbons (Fsp3) is 0.111. The SMILES string of the molecule is CC(CSSCC(C)(P(c1ccccc1)c1ccccc1)P(c1ccccc1)c1ccccc1)(P(c1ccccc1)c1ccccc1)P(c1ccccc1)c1ccccc1. The highest BCUT2D eigenvalue weighted by atomic mass is 33.1. The molecule has 0 aromatic heterocycles. The highest BCUT2D eigenvalue weighted by Gasteiger charge is 2.47. The van der Waals surface area contributed by atoms with Gasteiger partial charge < -0.3 is 0 Å². The molecule has 0 heterocycles. The van der Waals surface area contributed by atoms with Crippen LogP contribution in [-0.2, 0) is 0 Å². The molecule has 60 heavy (non-hydrogen) atoms. The largest absolute Gasteiger partial charge is 0.0927 e. The maximum absolute atomic E-state index is 2.62. The van der Waals surface area contributed by atoms with E-state index < -0.39 is 31.7 Å². The van der Waals surface area contributed by atoms with E-state index in [0.717, 1.165) is 11.5 Å². The Morgan fingerprint density at radius 2 is 0.383 bits per heavy atom. The Morgan fingerprint density at radius 3 is 0.517 bits per heavy atom. The van der Waals surface area contributed by atoms with Crippen LogP contribution >= 0.6 is 53.3 Å². The second kappa shape index (κ2) is 20.8. The average molecular weight is 887 g/mol. The monoisotopic (exact) mass is 886 g/mol. The average Bonchev–Trinajstić information content (AvgIpc) is 3.31. The van der Waals surface area contributed by atoms with Crippen molar-refractivity contribution >= 4 is 95.7 Å². The van der Waals surface area contributed by atoms with Crippen LogP contribution in [0.25, 0.3) is 0 Å². The summed E-state index contributed by atoms with van der Waals surface area (Å²) in [6, 6.07) is 91.2. The van der Waals surface area contributed by atoms with Crippen molar-refractivity contribution < 1.29 is 0 Å². The zero-order valence-corrected chi connectivity index (χ0v) is 39.3. The molecule has 0 fully saturated rings. The van der Waals surface area contributed by atoms with E-state index in [1.165, 1.54) is 42.4 Å². The Balaban J connectivity index is 1.26. The van der Waals surface area contributed by atoms with Gasteiger partial charge in [-0.2, -0.15) is 0 Å². The molecule has 0 aliphatic carbocycles. The summed E-state index contributed by atoms with van der Waals surface area (Å²) >= 11 is 0. The number of benzene rings is 8. The maximum Gasteiger partial charge on any atom is 0.0337 e. The van der Waals surface area contributed by atoms with Gasteiger partial charge in [0.1, 0.15) is 0 Å². The predicted octanol–water partition coefficient (Wildman–Crippen LogP) is 12.3. The molecule has 0 N–H and O–H groups in total. The molecule has 0 aliphatic rings. The summed E-state index contributed by atoms with van der Waals surface area (Å²) in [4.78, 5) is -0.200. The molecule has 6 heteroatoms. The van der Waals surface area contributed by atoms with E-state index in [4.69, 9.17) is 0 Å². The molecule has 0 saturated carbocycles. The molecular weight excluding hydrogens is 837 g/mol. The molecule has 0 bridgehead atoms. The number of rotatable bonds is 17. The molecule has 298 valence electrons. The fourth-order valence-corrected chi connectivity index (χ4v) is 28.4. The first-order valence-electron chi connectivity index (χ1n) is 20.4. The third kappa shape index (κ3) is 9.78. The molecule has 0 unspecified atom stereocenters. The number of hydrogen-bond donors (Lipinski definition) is 0. The summed E-state index contributed by atoms with van der Waals surface area (Å²) in [6.45, 7) is 5.25. The van der Waals surface area contributed by atoms with E-state index in [1.54, 1.807) is 0 Å². The molecule has 8 aromatic carbocycles. The smallest absolute Gasteiger partial charge is 0.0337 e. The van der Waals surface area contributed by atoms with Gasteiger partial charge in [0.05, 0.1) is 0 Å². The van der Waals surface area contributed by atoms with Gasteiger partial charge in [-0.3, -0.25) is 0 Å². The maximum atomic E-state index is 2.62. The van der Waals surface area contributed by atoms with E-state index in [0.29, 0.717) is 0 Å². The minimum atomic E-state index is -0.794. The minimum Gasteiger partial charge on any atom is -0.0927 e. The van der Waals surface area contributed by atoms with Crippen LogP contribution in [0.5, 0.6) is 0 Å². The first-order chi connectivity index (χ1) is 29.6. The van der Waals surface area contributed by atoms with Gasteiger partial charge in [0.25, 0.3) is 0 Å². The molecule has 8 rings (SSSR count). The standard InChI is InChI=1S/C54H50P4S2/c1-53(55(45-27-11-3-12-28-45)46-29-13-4-14-30-46,56(47-31-15-5-16-32-47)48-33-17-6-18-34-48)43-59-60-44-54(2,57(49-35-19-7-20-36-49)50-37-21-8-22-38-50)58(51-39-23-9-24-40-51)52-41-25-10-26-42-52/h3-42H,43-44H2,1-2H3. The molecule has 0 spiro atoms. The quantitative estimate of drug-likeness (QED) is 0.0508. The van der Waals surface area contributed by atoms with E-state index in [1.807, 2.05) is 0 Å². The van der Waals surface area contributed by atoms with Crippen LogP contribution < -0.4 is 42.4 Å². The van der Waals surface area contributed by atoms with Crippen molar-refractivity contribution in [3.05, 3.63) is 243 Å². The molecule has 0 aliphatic heterocycles. The van der Waals surface area contributed by atoms with Crippen LogP contribution in [0, 0.1) is 0 Å². The first-order valence-corrected chi connectivity index (χ1v) is 28.3. The molecule has 0 saturated heterocycles. The molecule has 0 nitrogen and oxygen atoms in total. The van der Waals surface area contributed by atoms with Crippen LogP contribution in [0.15, 0.2) is 243 Å². The molecular formula is C54H50P4S2. The Morgan fingerprint density at radius 1 is 0.250 bits per heavy atom. The van der Waals surface area contributed by atoms with Crippen LogP contribution in [0.3, 0.4) is 0 Å². The Labute approximate surface area is 371 Å². The van der Waals surface area contributed by atoms with E-state index in [-0.39, 0.29) is 9.79 Å². The van der Waals surface area contributed by atoms with Crippen LogP contribution in [0.2, 0.25) is 0 Å². The van der Waals surface area contributed by atoms with Crippen molar-refractivity contribution in [2.45, 2.75) is 23.6 Å². The minimum absolute atomic E-state index is 0.0999. The van der Waals surface area contributed by atoms with Crippen molar-refractivity contribution in [2.24, 2.45) is 0 Å². The zero-order chi connectivity index (χ0) is 41.0. The normalized spacial score (nSPS) is 12.0. The third-order valence-corrected chi connectivity index (χ3v) is 27.8. The van der Waals surface area contributed by atoms with Gasteiger partial charge in [0.15, 0.2) is 0 Å². The fourth-order valence-electron chi connectivity index (χ4n) is 8.20. The van der Waals surface area contributed by atoms with Gasteiger partial charge in [0, 0.05) is 21.3 Å². The topological polar surface area (TPSA) is 0 Å². The summed E-state index contributed by atoms with van der Waals surface area (Å²) in [7, 11) is 1.04. The highest BCUT2D eigenvalue weighted by Crippen LogP contribution is 2.69. The molecule has 0 radical (unpaired) electrons. The van der Waals surface area contributed by atoms with Gasteiger partial charge in [-0.1, -0.05) is 264 Å². The van der Waals surface area contributed by atoms with Crippen molar-refractivity contribution in [3.8, 4) is 0 Å². The van der Waals surface area contributed by atoms with Crippen molar-refractivity contribution in [1.29, 1.82) is 0 Å². The highest BCUT2D eigenvalue weighted by molar-refractivity contribution is 8.76. The van der Waals surface area contributed by atoms with Gasteiger partial charge in [-0.15, -0.1) is 0 Å². The van der Waals surface area contributed by atoms with E-state index >= 15 is 0 Å². The lowest BCUT2D eigenvalue weighted by atomic mass is 10.4. The summed E-state index contributed by atoms with van der Waals surface area (Å²) < 4.78 is 0. The van der Waals surface area contributed by atoms with Crippen LogP contribution in [0.1, 0.15) is 13.8 Å². The van der Waals surface area contributed by atoms with E-state index in [9.17, 15) is 0 Å². The van der Waals surface area contributed by atoms with Gasteiger partial charge in [-0.25, -0.2) is 0 Å². The van der Waals surface area contributed by atoms with Gasteiger partial charge in [-0.05, 0) is 88.0 Å². The molecule has 0 amide bonds. The van der Waals surface area contributed by atoms with Gasteiger partial charge >= 0.3 is 0 Å².